The van der Waals surface area contributed by atoms with Gasteiger partial charge in [0.25, 0.3) is 0 Å². The molecule has 17 heavy (non-hydrogen) atoms. The molecule has 1 fully saturated rings. The number of cyclic esters (lactones) is 2. The highest BCUT2D eigenvalue weighted by atomic mass is 16.6. The summed E-state index contributed by atoms with van der Waals surface area (Å²) in [5.41, 5.74) is -0.297. The predicted octanol–water partition coefficient (Wildman–Crippen LogP) is 3.17. The van der Waals surface area contributed by atoms with Crippen molar-refractivity contribution < 1.29 is 14.3 Å². The lowest BCUT2D eigenvalue weighted by Gasteiger charge is -2.28. The molecule has 98 valence electrons. The van der Waals surface area contributed by atoms with Gasteiger partial charge in [-0.1, -0.05) is 41.5 Å². The molecule has 1 aliphatic heterocycles. The normalized spacial score (nSPS) is 27.6. The second-order valence-electron chi connectivity index (χ2n) is 7.15. The van der Waals surface area contributed by atoms with Crippen LogP contribution >= 0.6 is 0 Å². The van der Waals surface area contributed by atoms with Crippen LogP contribution in [0, 0.1) is 22.7 Å². The molecule has 3 heteroatoms. The second kappa shape index (κ2) is 4.43. The van der Waals surface area contributed by atoms with E-state index in [9.17, 15) is 9.59 Å². The van der Waals surface area contributed by atoms with Crippen LogP contribution in [-0.4, -0.2) is 11.9 Å². The number of ether oxygens (including phenoxy) is 1. The molecule has 1 saturated heterocycles. The van der Waals surface area contributed by atoms with Crippen molar-refractivity contribution in [3.05, 3.63) is 0 Å². The van der Waals surface area contributed by atoms with E-state index in [1.165, 1.54) is 0 Å². The zero-order valence-corrected chi connectivity index (χ0v) is 11.8. The van der Waals surface area contributed by atoms with E-state index in [0.717, 1.165) is 12.8 Å². The average Bonchev–Trinajstić information content (AvgIpc) is 2.20. The summed E-state index contributed by atoms with van der Waals surface area (Å²) in [6, 6.07) is 0. The van der Waals surface area contributed by atoms with Crippen LogP contribution in [0.15, 0.2) is 0 Å². The largest absolute Gasteiger partial charge is 0.393 e. The minimum absolute atomic E-state index is 0.149. The lowest BCUT2D eigenvalue weighted by molar-refractivity contribution is -0.167. The van der Waals surface area contributed by atoms with E-state index in [1.54, 1.807) is 0 Å². The zero-order chi connectivity index (χ0) is 13.4. The Bertz CT molecular complexity index is 285. The Morgan fingerprint density at radius 2 is 1.12 bits per heavy atom. The number of esters is 2. The van der Waals surface area contributed by atoms with Crippen molar-refractivity contribution in [3.63, 3.8) is 0 Å². The Morgan fingerprint density at radius 1 is 0.824 bits per heavy atom. The first-order valence-corrected chi connectivity index (χ1v) is 6.29. The lowest BCUT2D eigenvalue weighted by Crippen LogP contribution is -2.31. The van der Waals surface area contributed by atoms with Crippen molar-refractivity contribution >= 4 is 11.9 Å². The van der Waals surface area contributed by atoms with Crippen LogP contribution in [0.3, 0.4) is 0 Å². The minimum Gasteiger partial charge on any atom is -0.393 e. The number of rotatable bonds is 0. The van der Waals surface area contributed by atoms with Crippen molar-refractivity contribution in [3.8, 4) is 0 Å². The summed E-state index contributed by atoms with van der Waals surface area (Å²) in [6.07, 6.45) is 1.46. The van der Waals surface area contributed by atoms with Gasteiger partial charge in [0.15, 0.2) is 0 Å². The van der Waals surface area contributed by atoms with Gasteiger partial charge in [0.1, 0.15) is 0 Å². The van der Waals surface area contributed by atoms with Gasteiger partial charge >= 0.3 is 11.9 Å². The Morgan fingerprint density at radius 3 is 1.35 bits per heavy atom. The molecule has 0 saturated carbocycles. The maximum absolute atomic E-state index is 11.9. The summed E-state index contributed by atoms with van der Waals surface area (Å²) in [7, 11) is 0. The first-order chi connectivity index (χ1) is 7.53. The number of hydrogen-bond donors (Lipinski definition) is 0. The van der Waals surface area contributed by atoms with Gasteiger partial charge in [-0.05, 0) is 23.7 Å². The van der Waals surface area contributed by atoms with Crippen molar-refractivity contribution in [1.82, 2.24) is 0 Å². The quantitative estimate of drug-likeness (QED) is 0.482. The van der Waals surface area contributed by atoms with Crippen LogP contribution in [-0.2, 0) is 14.3 Å². The van der Waals surface area contributed by atoms with Gasteiger partial charge in [-0.2, -0.15) is 0 Å². The predicted molar refractivity (Wildman–Crippen MR) is 66.2 cm³/mol. The summed E-state index contributed by atoms with van der Waals surface area (Å²) < 4.78 is 5.01. The minimum atomic E-state index is -0.353. The molecular weight excluding hydrogens is 216 g/mol. The average molecular weight is 240 g/mol. The summed E-state index contributed by atoms with van der Waals surface area (Å²) in [6.45, 7) is 12.1. The Labute approximate surface area is 104 Å². The number of hydrogen-bond acceptors (Lipinski definition) is 3. The lowest BCUT2D eigenvalue weighted by atomic mass is 9.73. The molecule has 1 rings (SSSR count). The monoisotopic (exact) mass is 240 g/mol. The second-order valence-corrected chi connectivity index (χ2v) is 7.15. The molecule has 1 heterocycles. The Balaban J connectivity index is 2.92. The fourth-order valence-corrected chi connectivity index (χ4v) is 2.38. The van der Waals surface area contributed by atoms with E-state index in [-0.39, 0.29) is 34.6 Å². The van der Waals surface area contributed by atoms with Crippen molar-refractivity contribution in [2.45, 2.75) is 54.4 Å². The highest BCUT2D eigenvalue weighted by Gasteiger charge is 2.42. The standard InChI is InChI=1S/C14H24O3/c1-13(2,3)9-7-8-10(14(4,5)6)12(16)17-11(9)15/h9-10H,7-8H2,1-6H3. The number of carbonyl (C=O) groups is 2. The van der Waals surface area contributed by atoms with E-state index >= 15 is 0 Å². The van der Waals surface area contributed by atoms with Gasteiger partial charge in [-0.15, -0.1) is 0 Å². The molecule has 0 radical (unpaired) electrons. The van der Waals surface area contributed by atoms with Gasteiger partial charge in [-0.3, -0.25) is 9.59 Å². The summed E-state index contributed by atoms with van der Waals surface area (Å²) in [5.74, 6) is -1.07. The molecule has 0 aromatic rings. The third kappa shape index (κ3) is 3.30. The summed E-state index contributed by atoms with van der Waals surface area (Å²) in [4.78, 5) is 23.8. The third-order valence-corrected chi connectivity index (χ3v) is 3.61. The highest BCUT2D eigenvalue weighted by molar-refractivity contribution is 5.89. The molecule has 2 unspecified atom stereocenters. The molecule has 3 nitrogen and oxygen atoms in total. The van der Waals surface area contributed by atoms with Gasteiger partial charge in [0.05, 0.1) is 11.8 Å². The summed E-state index contributed by atoms with van der Waals surface area (Å²) >= 11 is 0. The fraction of sp³-hybridized carbons (Fsp3) is 0.857. The zero-order valence-electron chi connectivity index (χ0n) is 11.8. The van der Waals surface area contributed by atoms with Gasteiger partial charge in [-0.25, -0.2) is 0 Å². The molecule has 0 spiro atoms. The molecule has 0 bridgehead atoms. The van der Waals surface area contributed by atoms with Gasteiger partial charge in [0.2, 0.25) is 0 Å². The van der Waals surface area contributed by atoms with Crippen LogP contribution < -0.4 is 0 Å². The molecule has 0 aromatic carbocycles. The molecule has 0 amide bonds. The van der Waals surface area contributed by atoms with E-state index in [1.807, 2.05) is 41.5 Å². The maximum Gasteiger partial charge on any atom is 0.317 e. The Kier molecular flexibility index (Phi) is 3.70. The van der Waals surface area contributed by atoms with Crippen LogP contribution in [0.5, 0.6) is 0 Å². The molecule has 0 aromatic heterocycles. The van der Waals surface area contributed by atoms with E-state index in [2.05, 4.69) is 0 Å². The fourth-order valence-electron chi connectivity index (χ4n) is 2.38. The SMILES string of the molecule is CC(C)(C)C1CCC(C(C)(C)C)C(=O)OC1=O. The topological polar surface area (TPSA) is 43.4 Å². The summed E-state index contributed by atoms with van der Waals surface area (Å²) in [5, 5.41) is 0. The van der Waals surface area contributed by atoms with Gasteiger partial charge in [0, 0.05) is 0 Å². The molecule has 2 atom stereocenters. The number of carbonyl (C=O) groups excluding carboxylic acids is 2. The molecule has 0 N–H and O–H groups in total. The van der Waals surface area contributed by atoms with E-state index < -0.39 is 0 Å². The smallest absolute Gasteiger partial charge is 0.317 e. The van der Waals surface area contributed by atoms with E-state index in [0.29, 0.717) is 0 Å². The van der Waals surface area contributed by atoms with Gasteiger partial charge < -0.3 is 4.74 Å². The van der Waals surface area contributed by atoms with Crippen LogP contribution in [0.2, 0.25) is 0 Å². The molecule has 0 aliphatic carbocycles. The Hall–Kier alpha value is -0.860. The van der Waals surface area contributed by atoms with Crippen molar-refractivity contribution in [1.29, 1.82) is 0 Å². The first-order valence-electron chi connectivity index (χ1n) is 6.29. The van der Waals surface area contributed by atoms with Crippen LogP contribution in [0.1, 0.15) is 54.4 Å². The first kappa shape index (κ1) is 14.2. The van der Waals surface area contributed by atoms with Crippen LogP contribution in [0.25, 0.3) is 0 Å². The van der Waals surface area contributed by atoms with Crippen LogP contribution in [0.4, 0.5) is 0 Å². The van der Waals surface area contributed by atoms with Crippen molar-refractivity contribution in [2.75, 3.05) is 0 Å². The maximum atomic E-state index is 11.9. The molecule has 1 aliphatic rings. The highest BCUT2D eigenvalue weighted by Crippen LogP contribution is 2.39. The molecular formula is C14H24O3. The van der Waals surface area contributed by atoms with E-state index in [4.69, 9.17) is 4.74 Å². The van der Waals surface area contributed by atoms with Crippen molar-refractivity contribution in [2.24, 2.45) is 22.7 Å². The third-order valence-electron chi connectivity index (χ3n) is 3.61.